The maximum Gasteiger partial charge on any atom is 0.124 e. The van der Waals surface area contributed by atoms with Gasteiger partial charge in [-0.2, -0.15) is 12.2 Å². The van der Waals surface area contributed by atoms with Crippen LogP contribution in [0.2, 0.25) is 0 Å². The summed E-state index contributed by atoms with van der Waals surface area (Å²) >= 11 is 0. The Morgan fingerprint density at radius 2 is 2.06 bits per heavy atom. The van der Waals surface area contributed by atoms with E-state index in [1.165, 1.54) is 12.1 Å². The molecule has 1 aromatic carbocycles. The second-order valence-electron chi connectivity index (χ2n) is 3.69. The molecular weight excluding hydrogens is 309 g/mol. The minimum atomic E-state index is -0.589. The van der Waals surface area contributed by atoms with Crippen LogP contribution in [-0.4, -0.2) is 11.4 Å². The molecule has 0 atom stereocenters. The van der Waals surface area contributed by atoms with Crippen molar-refractivity contribution >= 4 is 5.70 Å². The minimum absolute atomic E-state index is 0. The average molecular weight is 321 g/mol. The Balaban J connectivity index is 0.00000162. The summed E-state index contributed by atoms with van der Waals surface area (Å²) in [6, 6.07) is 3.53. The number of halogens is 2. The maximum atomic E-state index is 13.7. The Hall–Kier alpha value is -0.796. The van der Waals surface area contributed by atoms with Crippen LogP contribution in [0.1, 0.15) is 12.5 Å². The van der Waals surface area contributed by atoms with Crippen molar-refractivity contribution in [3.05, 3.63) is 65.9 Å². The topological polar surface area (TPSA) is 3.24 Å². The van der Waals surface area contributed by atoms with Crippen LogP contribution >= 0.6 is 0 Å². The fourth-order valence-electron chi connectivity index (χ4n) is 1.79. The predicted molar refractivity (Wildman–Crippen MR) is 63.7 cm³/mol. The van der Waals surface area contributed by atoms with Crippen LogP contribution < -0.4 is 0 Å². The smallest absolute Gasteiger partial charge is 0.124 e. The summed E-state index contributed by atoms with van der Waals surface area (Å²) in [5, 5.41) is 0. The van der Waals surface area contributed by atoms with Gasteiger partial charge in [0.15, 0.2) is 0 Å². The molecule has 1 aromatic rings. The van der Waals surface area contributed by atoms with Gasteiger partial charge in [0, 0.05) is 39.3 Å². The molecule has 0 saturated heterocycles. The molecule has 0 aromatic heterocycles. The Bertz CT molecular complexity index is 521. The van der Waals surface area contributed by atoms with Gasteiger partial charge in [0.2, 0.25) is 0 Å². The van der Waals surface area contributed by atoms with Crippen molar-refractivity contribution < 1.29 is 41.5 Å². The van der Waals surface area contributed by atoms with Gasteiger partial charge in [0.1, 0.15) is 5.82 Å². The first-order valence-corrected chi connectivity index (χ1v) is 5.35. The second kappa shape index (κ2) is 6.39. The summed E-state index contributed by atoms with van der Waals surface area (Å²) in [4.78, 5) is 1.83. The number of benzene rings is 1. The first-order valence-electron chi connectivity index (χ1n) is 5.35. The van der Waals surface area contributed by atoms with Gasteiger partial charge in [-0.15, -0.1) is 12.1 Å². The van der Waals surface area contributed by atoms with Crippen LogP contribution in [0.4, 0.5) is 8.78 Å². The number of hydrogen-bond donors (Lipinski definition) is 0. The van der Waals surface area contributed by atoms with Crippen molar-refractivity contribution in [2.24, 2.45) is 0 Å². The van der Waals surface area contributed by atoms with E-state index in [0.717, 1.165) is 11.8 Å². The summed E-state index contributed by atoms with van der Waals surface area (Å²) in [6.07, 6.45) is 6.45. The van der Waals surface area contributed by atoms with Crippen LogP contribution in [0.15, 0.2) is 42.6 Å². The van der Waals surface area contributed by atoms with Crippen LogP contribution in [0.25, 0.3) is 5.70 Å². The standard InChI is InChI=1S/C14H12F2N.Y/c1-3-17-10(2)5-4-6-14(17)12-8-7-11(15)9-13(12)16;/h4-5,7-9H,2-3H2,1H3;/q-1;. The molecule has 0 bridgehead atoms. The zero-order chi connectivity index (χ0) is 12.4. The fraction of sp³-hybridized carbons (Fsp3) is 0.143. The summed E-state index contributed by atoms with van der Waals surface area (Å²) in [5.41, 5.74) is 1.68. The van der Waals surface area contributed by atoms with Crippen molar-refractivity contribution in [1.29, 1.82) is 0 Å². The van der Waals surface area contributed by atoms with E-state index in [4.69, 9.17) is 0 Å². The summed E-state index contributed by atoms with van der Waals surface area (Å²) in [6.45, 7) is 6.46. The van der Waals surface area contributed by atoms with E-state index in [9.17, 15) is 8.78 Å². The summed E-state index contributed by atoms with van der Waals surface area (Å²) in [5.74, 6) is -1.17. The number of allylic oxidation sites excluding steroid dienone is 3. The monoisotopic (exact) mass is 321 g/mol. The molecule has 0 saturated carbocycles. The quantitative estimate of drug-likeness (QED) is 0.754. The number of likely N-dealkylation sites (N-methyl/N-ethyl adjacent to an activating group) is 1. The molecule has 1 nitrogen and oxygen atoms in total. The van der Waals surface area contributed by atoms with Crippen LogP contribution in [0, 0.1) is 17.7 Å². The van der Waals surface area contributed by atoms with Gasteiger partial charge in [-0.05, 0) is 24.8 Å². The van der Waals surface area contributed by atoms with E-state index in [0.29, 0.717) is 17.8 Å². The fourth-order valence-corrected chi connectivity index (χ4v) is 1.79. The van der Waals surface area contributed by atoms with Crippen molar-refractivity contribution in [1.82, 2.24) is 4.90 Å². The van der Waals surface area contributed by atoms with Gasteiger partial charge in [0.25, 0.3) is 0 Å². The summed E-state index contributed by atoms with van der Waals surface area (Å²) in [7, 11) is 0. The first-order chi connectivity index (χ1) is 8.13. The molecule has 0 aliphatic carbocycles. The zero-order valence-electron chi connectivity index (χ0n) is 10.1. The molecule has 0 spiro atoms. The van der Waals surface area contributed by atoms with Crippen molar-refractivity contribution in [3.8, 4) is 0 Å². The van der Waals surface area contributed by atoms with Gasteiger partial charge in [-0.1, -0.05) is 17.8 Å². The molecule has 18 heavy (non-hydrogen) atoms. The molecule has 1 heterocycles. The largest absolute Gasteiger partial charge is 0.376 e. The Kier molecular flexibility index (Phi) is 5.42. The molecule has 91 valence electrons. The molecule has 0 unspecified atom stereocenters. The van der Waals surface area contributed by atoms with E-state index in [-0.39, 0.29) is 32.7 Å². The third-order valence-electron chi connectivity index (χ3n) is 2.61. The molecule has 0 N–H and O–H groups in total. The van der Waals surface area contributed by atoms with Gasteiger partial charge in [-0.25, -0.2) is 8.78 Å². The van der Waals surface area contributed by atoms with Crippen LogP contribution in [-0.2, 0) is 32.7 Å². The molecule has 1 aliphatic heterocycles. The predicted octanol–water partition coefficient (Wildman–Crippen LogP) is 3.51. The molecule has 1 aliphatic rings. The summed E-state index contributed by atoms with van der Waals surface area (Å²) < 4.78 is 26.5. The van der Waals surface area contributed by atoms with E-state index in [2.05, 4.69) is 12.7 Å². The van der Waals surface area contributed by atoms with Gasteiger partial charge < -0.3 is 4.90 Å². The molecular formula is C14H12F2NY-. The number of nitrogens with zero attached hydrogens (tertiary/aromatic N) is 1. The van der Waals surface area contributed by atoms with Gasteiger partial charge >= 0.3 is 0 Å². The first kappa shape index (κ1) is 15.3. The van der Waals surface area contributed by atoms with Crippen LogP contribution in [0.5, 0.6) is 0 Å². The average Bonchev–Trinajstić information content (AvgIpc) is 2.29. The van der Waals surface area contributed by atoms with Crippen molar-refractivity contribution in [2.45, 2.75) is 6.92 Å². The van der Waals surface area contributed by atoms with Gasteiger partial charge in [-0.3, -0.25) is 0 Å². The maximum absolute atomic E-state index is 13.7. The SMILES string of the molecule is C=C1C=C[C-]=C(c2ccc(F)cc2F)N1CC.[Y]. The third-order valence-corrected chi connectivity index (χ3v) is 2.61. The van der Waals surface area contributed by atoms with E-state index < -0.39 is 11.6 Å². The van der Waals surface area contributed by atoms with Crippen molar-refractivity contribution in [2.75, 3.05) is 6.54 Å². The van der Waals surface area contributed by atoms with Gasteiger partial charge in [0.05, 0.1) is 5.82 Å². The Labute approximate surface area is 131 Å². The van der Waals surface area contributed by atoms with E-state index in [1.54, 1.807) is 12.2 Å². The Morgan fingerprint density at radius 1 is 1.33 bits per heavy atom. The third kappa shape index (κ3) is 2.96. The minimum Gasteiger partial charge on any atom is -0.376 e. The van der Waals surface area contributed by atoms with Crippen LogP contribution in [0.3, 0.4) is 0 Å². The molecule has 0 fully saturated rings. The van der Waals surface area contributed by atoms with Crippen molar-refractivity contribution in [3.63, 3.8) is 0 Å². The number of hydrogen-bond acceptors (Lipinski definition) is 1. The normalized spacial score (nSPS) is 14.3. The second-order valence-corrected chi connectivity index (χ2v) is 3.69. The zero-order valence-corrected chi connectivity index (χ0v) is 12.9. The van der Waals surface area contributed by atoms with E-state index >= 15 is 0 Å². The molecule has 4 heteroatoms. The number of rotatable bonds is 2. The van der Waals surface area contributed by atoms with E-state index in [1.807, 2.05) is 11.8 Å². The molecule has 2 rings (SSSR count). The molecule has 0 amide bonds. The molecule has 1 radical (unpaired) electrons. The Morgan fingerprint density at radius 3 is 2.67 bits per heavy atom.